The van der Waals surface area contributed by atoms with Crippen molar-refractivity contribution in [3.05, 3.63) is 29.6 Å². The van der Waals surface area contributed by atoms with Crippen LogP contribution in [0.15, 0.2) is 23.3 Å². The minimum Gasteiger partial charge on any atom is -0.282 e. The van der Waals surface area contributed by atoms with Gasteiger partial charge < -0.3 is 0 Å². The van der Waals surface area contributed by atoms with E-state index in [-0.39, 0.29) is 12.4 Å². The van der Waals surface area contributed by atoms with Crippen molar-refractivity contribution in [3.8, 4) is 0 Å². The van der Waals surface area contributed by atoms with Crippen LogP contribution in [0.5, 0.6) is 0 Å². The first-order chi connectivity index (χ1) is 10.2. The Kier molecular flexibility index (Phi) is 6.18. The largest absolute Gasteiger partial charge is 0.433 e. The Balaban J connectivity index is 2.80. The van der Waals surface area contributed by atoms with Crippen LogP contribution in [0.1, 0.15) is 11.3 Å². The number of pyridine rings is 1. The summed E-state index contributed by atoms with van der Waals surface area (Å²) >= 11 is 0. The van der Waals surface area contributed by atoms with E-state index >= 15 is 0 Å². The Morgan fingerprint density at radius 2 is 2.18 bits per heavy atom. The summed E-state index contributed by atoms with van der Waals surface area (Å²) in [6.07, 6.45) is -1.73. The molecule has 6 nitrogen and oxygen atoms in total. The first kappa shape index (κ1) is 18.2. The predicted molar refractivity (Wildman–Crippen MR) is 79.7 cm³/mol. The van der Waals surface area contributed by atoms with E-state index in [0.717, 1.165) is 12.3 Å². The Bertz CT molecular complexity index is 635. The molecule has 0 saturated heterocycles. The molecule has 1 aromatic heterocycles. The number of alkyl halides is 3. The quantitative estimate of drug-likeness (QED) is 0.372. The van der Waals surface area contributed by atoms with Gasteiger partial charge in [-0.1, -0.05) is 6.07 Å². The summed E-state index contributed by atoms with van der Waals surface area (Å²) in [5.41, 5.74) is 1.96. The van der Waals surface area contributed by atoms with Crippen molar-refractivity contribution in [2.75, 3.05) is 20.4 Å². The van der Waals surface area contributed by atoms with E-state index in [4.69, 9.17) is 0 Å². The van der Waals surface area contributed by atoms with Gasteiger partial charge in [0.1, 0.15) is 5.69 Å². The number of aromatic nitrogens is 1. The zero-order valence-electron chi connectivity index (χ0n) is 12.3. The van der Waals surface area contributed by atoms with Gasteiger partial charge in [-0.25, -0.2) is 9.69 Å². The van der Waals surface area contributed by atoms with Crippen LogP contribution in [0, 0.1) is 0 Å². The molecule has 0 spiro atoms. The molecule has 10 heteroatoms. The van der Waals surface area contributed by atoms with Gasteiger partial charge in [0, 0.05) is 35.6 Å². The molecule has 0 amide bonds. The van der Waals surface area contributed by atoms with Crippen LogP contribution >= 0.6 is 0 Å². The van der Waals surface area contributed by atoms with Crippen molar-refractivity contribution >= 4 is 21.0 Å². The molecule has 0 bridgehead atoms. The molecule has 0 radical (unpaired) electrons. The van der Waals surface area contributed by atoms with Crippen LogP contribution < -0.4 is 10.2 Å². The number of nitrogens with one attached hydrogen (secondary N) is 2. The molecule has 0 aliphatic heterocycles. The number of guanidine groups is 1. The fourth-order valence-corrected chi connectivity index (χ4v) is 2.52. The fraction of sp³-hybridized carbons (Fsp3) is 0.417. The smallest absolute Gasteiger partial charge is 0.282 e. The van der Waals surface area contributed by atoms with Gasteiger partial charge in [-0.05, 0) is 17.0 Å². The van der Waals surface area contributed by atoms with E-state index in [1.54, 1.807) is 0 Å². The average Bonchev–Trinajstić information content (AvgIpc) is 2.44. The Labute approximate surface area is 126 Å². The normalized spacial score (nSPS) is 15.1. The lowest BCUT2D eigenvalue weighted by molar-refractivity contribution is -0.141. The van der Waals surface area contributed by atoms with E-state index < -0.39 is 21.6 Å². The fourth-order valence-electron chi connectivity index (χ4n) is 1.41. The summed E-state index contributed by atoms with van der Waals surface area (Å²) in [5, 5.41) is 1.44. The summed E-state index contributed by atoms with van der Waals surface area (Å²) in [7, 11) is 0.253. The first-order valence-corrected chi connectivity index (χ1v) is 8.09. The molecule has 1 aromatic rings. The third kappa shape index (κ3) is 5.90. The summed E-state index contributed by atoms with van der Waals surface area (Å²) in [4.78, 5) is 11.8. The molecule has 1 atom stereocenters. The maximum absolute atomic E-state index is 12.4. The van der Waals surface area contributed by atoms with Gasteiger partial charge in [0.25, 0.3) is 0 Å². The van der Waals surface area contributed by atoms with Gasteiger partial charge in [-0.15, -0.1) is 0 Å². The van der Waals surface area contributed by atoms with Crippen molar-refractivity contribution in [2.45, 2.75) is 12.6 Å². The second-order valence-corrected chi connectivity index (χ2v) is 6.65. The first-order valence-electron chi connectivity index (χ1n) is 6.06. The second kappa shape index (κ2) is 7.45. The number of rotatable bonds is 4. The zero-order chi connectivity index (χ0) is 16.8. The summed E-state index contributed by atoms with van der Waals surface area (Å²) in [6, 6.07) is 2.18. The monoisotopic (exact) mass is 338 g/mol. The molecular formula is C12H17F3N4O2S. The molecule has 0 saturated carbocycles. The molecule has 124 valence electrons. The molecular weight excluding hydrogens is 321 g/mol. The van der Waals surface area contributed by atoms with E-state index in [2.05, 4.69) is 25.0 Å². The van der Waals surface area contributed by atoms with E-state index in [9.17, 15) is 17.4 Å². The summed E-state index contributed by atoms with van der Waals surface area (Å²) in [6.45, 7) is 0. The standard InChI is InChI=1S/C12H17F3N4O2S/c1-16-11(18-21-2)19-22(3,20)7-6-9-4-5-10(17-8-9)12(13,14)15/h4-5,7-8H,6H2,1-3H3,(H2,16,18,19,20). The SMILES string of the molecule is CN=C(NOC)NS(C)(=O)=CCc1ccc(C(F)(F)F)nc1. The van der Waals surface area contributed by atoms with Gasteiger partial charge in [-0.3, -0.25) is 19.5 Å². The van der Waals surface area contributed by atoms with Crippen LogP contribution in [-0.4, -0.2) is 40.9 Å². The zero-order valence-corrected chi connectivity index (χ0v) is 13.1. The minimum atomic E-state index is -4.47. The molecule has 0 fully saturated rings. The van der Waals surface area contributed by atoms with Crippen LogP contribution in [0.4, 0.5) is 13.2 Å². The number of hydroxylamine groups is 1. The third-order valence-electron chi connectivity index (χ3n) is 2.47. The Morgan fingerprint density at radius 3 is 2.64 bits per heavy atom. The van der Waals surface area contributed by atoms with Crippen molar-refractivity contribution in [2.24, 2.45) is 4.99 Å². The van der Waals surface area contributed by atoms with Crippen LogP contribution in [-0.2, 0) is 27.1 Å². The second-order valence-electron chi connectivity index (χ2n) is 4.30. The van der Waals surface area contributed by atoms with Crippen LogP contribution in [0.2, 0.25) is 0 Å². The van der Waals surface area contributed by atoms with Crippen LogP contribution in [0.25, 0.3) is 0 Å². The maximum Gasteiger partial charge on any atom is 0.433 e. The molecule has 1 rings (SSSR count). The van der Waals surface area contributed by atoms with Crippen molar-refractivity contribution in [3.63, 3.8) is 0 Å². The summed E-state index contributed by atoms with van der Waals surface area (Å²) < 4.78 is 52.1. The van der Waals surface area contributed by atoms with Crippen molar-refractivity contribution in [1.82, 2.24) is 15.2 Å². The number of hydrogen-bond acceptors (Lipinski definition) is 4. The Morgan fingerprint density at radius 1 is 1.50 bits per heavy atom. The van der Waals surface area contributed by atoms with E-state index in [1.165, 1.54) is 31.8 Å². The Hall–Kier alpha value is -1.81. The lowest BCUT2D eigenvalue weighted by atomic mass is 10.2. The lowest BCUT2D eigenvalue weighted by Gasteiger charge is -2.12. The highest BCUT2D eigenvalue weighted by molar-refractivity contribution is 7.99. The predicted octanol–water partition coefficient (Wildman–Crippen LogP) is 1.00. The molecule has 0 aliphatic carbocycles. The molecule has 2 N–H and O–H groups in total. The van der Waals surface area contributed by atoms with Gasteiger partial charge in [0.2, 0.25) is 5.96 Å². The number of aliphatic imine (C=N–C) groups is 1. The number of hydrogen-bond donors (Lipinski definition) is 2. The number of nitrogens with zero attached hydrogens (tertiary/aromatic N) is 2. The molecule has 0 aliphatic rings. The maximum atomic E-state index is 12.4. The molecule has 1 heterocycles. The van der Waals surface area contributed by atoms with Gasteiger partial charge in [0.05, 0.1) is 7.11 Å². The highest BCUT2D eigenvalue weighted by atomic mass is 32.2. The third-order valence-corrected chi connectivity index (χ3v) is 3.88. The highest BCUT2D eigenvalue weighted by Crippen LogP contribution is 2.27. The molecule has 1 unspecified atom stereocenters. The molecule has 22 heavy (non-hydrogen) atoms. The summed E-state index contributed by atoms with van der Waals surface area (Å²) in [5.74, 6) is 0.178. The van der Waals surface area contributed by atoms with Crippen molar-refractivity contribution < 1.29 is 22.2 Å². The number of halogens is 3. The molecule has 0 aromatic carbocycles. The minimum absolute atomic E-state index is 0.178. The average molecular weight is 338 g/mol. The lowest BCUT2D eigenvalue weighted by Crippen LogP contribution is -2.40. The van der Waals surface area contributed by atoms with Gasteiger partial charge in [-0.2, -0.15) is 13.2 Å². The topological polar surface area (TPSA) is 75.6 Å². The van der Waals surface area contributed by atoms with Gasteiger partial charge >= 0.3 is 6.18 Å². The van der Waals surface area contributed by atoms with Gasteiger partial charge in [0.15, 0.2) is 0 Å². The van der Waals surface area contributed by atoms with E-state index in [0.29, 0.717) is 5.56 Å². The van der Waals surface area contributed by atoms with Crippen molar-refractivity contribution in [1.29, 1.82) is 0 Å². The van der Waals surface area contributed by atoms with Crippen LogP contribution in [0.3, 0.4) is 0 Å². The highest BCUT2D eigenvalue weighted by Gasteiger charge is 2.31. The van der Waals surface area contributed by atoms with E-state index in [1.807, 2.05) is 0 Å².